The molecule has 0 aliphatic heterocycles. The smallest absolute Gasteiger partial charge is 0.305 e. The summed E-state index contributed by atoms with van der Waals surface area (Å²) in [4.78, 5) is 136. The van der Waals surface area contributed by atoms with Gasteiger partial charge in [-0.3, -0.25) is 47.9 Å². The minimum Gasteiger partial charge on any atom is -0.464 e. The summed E-state index contributed by atoms with van der Waals surface area (Å²) >= 11 is 0. The molecule has 3 N–H and O–H groups in total. The summed E-state index contributed by atoms with van der Waals surface area (Å²) in [6.45, 7) is 14.2. The van der Waals surface area contributed by atoms with E-state index < -0.39 is 5.92 Å². The van der Waals surface area contributed by atoms with Gasteiger partial charge < -0.3 is 73.1 Å². The predicted octanol–water partition coefficient (Wildman–Crippen LogP) is 23.6. The zero-order valence-electron chi connectivity index (χ0n) is 87.6. The largest absolute Gasteiger partial charge is 0.464 e. The van der Waals surface area contributed by atoms with Crippen molar-refractivity contribution >= 4 is 59.2 Å². The molecule has 0 saturated carbocycles. The fraction of sp³-hybridized carbons (Fsp3) is 0.770. The molecule has 0 aromatic rings. The molecule has 0 aliphatic rings. The van der Waals surface area contributed by atoms with Gasteiger partial charge in [0.2, 0.25) is 29.5 Å². The highest BCUT2D eigenvalue weighted by Crippen LogP contribution is 2.20. The van der Waals surface area contributed by atoms with Crippen LogP contribution in [0.5, 0.6) is 0 Å². The Morgan fingerprint density at radius 3 is 0.855 bits per heavy atom. The zero-order valence-corrected chi connectivity index (χ0v) is 87.6. The highest BCUT2D eigenvalue weighted by atomic mass is 16.6. The molecule has 5 amide bonds. The van der Waals surface area contributed by atoms with E-state index in [-0.39, 0.29) is 189 Å². The average Bonchev–Trinajstić information content (AvgIpc) is 0.929. The monoisotopic (exact) mass is 1940 g/mol. The molecular formula is C113H197N5O20. The van der Waals surface area contributed by atoms with Crippen LogP contribution in [0.3, 0.4) is 0 Å². The van der Waals surface area contributed by atoms with Crippen LogP contribution in [-0.2, 0) is 95.3 Å². The van der Waals surface area contributed by atoms with Crippen molar-refractivity contribution in [3.8, 4) is 0 Å². The Hall–Kier alpha value is -7.42. The zero-order chi connectivity index (χ0) is 100. The average molecular weight is 1950 g/mol. The topological polar surface area (TPSA) is 306 Å². The number of amides is 5. The molecule has 0 aromatic carbocycles. The molecule has 0 aromatic heterocycles. The molecule has 0 rings (SSSR count). The lowest BCUT2D eigenvalue weighted by molar-refractivity contribution is -0.148. The van der Waals surface area contributed by atoms with Gasteiger partial charge in [-0.1, -0.05) is 260 Å². The van der Waals surface area contributed by atoms with Crippen LogP contribution in [0.1, 0.15) is 407 Å². The van der Waals surface area contributed by atoms with Crippen molar-refractivity contribution in [2.45, 2.75) is 407 Å². The molecule has 25 heteroatoms. The summed E-state index contributed by atoms with van der Waals surface area (Å²) in [6.07, 6.45) is 85.6. The molecule has 0 spiro atoms. The third-order valence-electron chi connectivity index (χ3n) is 23.4. The summed E-state index contributed by atoms with van der Waals surface area (Å²) in [6, 6.07) is 0. The summed E-state index contributed by atoms with van der Waals surface area (Å²) < 4.78 is 55.4. The van der Waals surface area contributed by atoms with Gasteiger partial charge in [-0.2, -0.15) is 0 Å². The van der Waals surface area contributed by atoms with E-state index in [2.05, 4.69) is 141 Å². The van der Waals surface area contributed by atoms with Gasteiger partial charge in [0.25, 0.3) is 0 Å². The van der Waals surface area contributed by atoms with E-state index in [0.717, 1.165) is 180 Å². The minimum absolute atomic E-state index is 0.0367. The van der Waals surface area contributed by atoms with Crippen molar-refractivity contribution in [3.05, 3.63) is 97.2 Å². The molecule has 0 aliphatic carbocycles. The molecule has 0 saturated heterocycles. The summed E-state index contributed by atoms with van der Waals surface area (Å²) in [5.41, 5.74) is 0. The van der Waals surface area contributed by atoms with Crippen molar-refractivity contribution in [3.63, 3.8) is 0 Å². The van der Waals surface area contributed by atoms with Crippen LogP contribution in [0.15, 0.2) is 97.2 Å². The Morgan fingerprint density at radius 2 is 0.522 bits per heavy atom. The number of ketones is 1. The first-order valence-corrected chi connectivity index (χ1v) is 54.8. The first-order valence-electron chi connectivity index (χ1n) is 54.8. The second kappa shape index (κ2) is 107. The van der Waals surface area contributed by atoms with E-state index in [1.165, 1.54) is 86.8 Å². The molecule has 0 unspecified atom stereocenters. The maximum Gasteiger partial charge on any atom is 0.305 e. The second-order valence-electron chi connectivity index (χ2n) is 36.0. The SMILES string of the molecule is CCCCC/C=C\C/C=C\CCCCCCCC(=O)OCCN(CCOC(=O)CCCCCCC/C=C\C/C=C\CCCCC)C(=O)CCC(=O)C[C@@H](CCCCNC(=O)CCC(=O)N(CCOC(=O)CCCCCCC/C=C\C/C=C\CCCCC)CCOC(=O)CCCCCCC/C=C\C/C=C\CCCCC)C(=O)NCCCOCCOCCOCCCNC(=O)CCOCCOCCOC. The third kappa shape index (κ3) is 97.4. The minimum atomic E-state index is -0.765. The van der Waals surface area contributed by atoms with E-state index >= 15 is 0 Å². The Balaban J connectivity index is 6.04. The maximum absolute atomic E-state index is 14.1. The first kappa shape index (κ1) is 131. The summed E-state index contributed by atoms with van der Waals surface area (Å²) in [5.74, 6) is -3.99. The predicted molar refractivity (Wildman–Crippen MR) is 559 cm³/mol. The molecule has 0 radical (unpaired) electrons. The molecular weight excluding hydrogens is 1750 g/mol. The van der Waals surface area contributed by atoms with Crippen molar-refractivity contribution in [2.75, 3.05) is 152 Å². The van der Waals surface area contributed by atoms with Crippen LogP contribution in [-0.4, -0.2) is 221 Å². The molecule has 0 bridgehead atoms. The summed E-state index contributed by atoms with van der Waals surface area (Å²) in [7, 11) is 1.61. The number of nitrogens with one attached hydrogen (secondary N) is 3. The molecule has 1 atom stereocenters. The number of ether oxygens (including phenoxy) is 10. The number of carbonyl (C=O) groups is 10. The Bertz CT molecular complexity index is 3020. The van der Waals surface area contributed by atoms with E-state index in [0.29, 0.717) is 137 Å². The third-order valence-corrected chi connectivity index (χ3v) is 23.4. The lowest BCUT2D eigenvalue weighted by Crippen LogP contribution is -2.38. The lowest BCUT2D eigenvalue weighted by atomic mass is 9.93. The van der Waals surface area contributed by atoms with Crippen molar-refractivity contribution in [1.82, 2.24) is 25.8 Å². The number of methoxy groups -OCH3 is 1. The fourth-order valence-electron chi connectivity index (χ4n) is 14.9. The number of nitrogens with zero attached hydrogens (tertiary/aromatic N) is 2. The fourth-order valence-corrected chi connectivity index (χ4v) is 14.9. The number of hydrogen-bond acceptors (Lipinski definition) is 20. The van der Waals surface area contributed by atoms with Crippen molar-refractivity contribution in [2.24, 2.45) is 5.92 Å². The highest BCUT2D eigenvalue weighted by molar-refractivity contribution is 5.89. The lowest BCUT2D eigenvalue weighted by Gasteiger charge is -2.23. The highest BCUT2D eigenvalue weighted by Gasteiger charge is 2.25. The van der Waals surface area contributed by atoms with Gasteiger partial charge in [0.1, 0.15) is 32.2 Å². The number of carbonyl (C=O) groups excluding carboxylic acids is 10. The Morgan fingerprint density at radius 1 is 0.246 bits per heavy atom. The molecule has 25 nitrogen and oxygen atoms in total. The van der Waals surface area contributed by atoms with Crippen LogP contribution >= 0.6 is 0 Å². The second-order valence-corrected chi connectivity index (χ2v) is 36.0. The van der Waals surface area contributed by atoms with Gasteiger partial charge in [0.05, 0.1) is 85.6 Å². The van der Waals surface area contributed by atoms with Gasteiger partial charge in [-0.15, -0.1) is 0 Å². The maximum atomic E-state index is 14.1. The van der Waals surface area contributed by atoms with Gasteiger partial charge in [0, 0.05) is 110 Å². The Kier molecular flexibility index (Phi) is 101. The quantitative estimate of drug-likeness (QED) is 0.0220. The van der Waals surface area contributed by atoms with Crippen LogP contribution < -0.4 is 16.0 Å². The summed E-state index contributed by atoms with van der Waals surface area (Å²) in [5, 5.41) is 8.75. The van der Waals surface area contributed by atoms with Crippen LogP contribution in [0.25, 0.3) is 0 Å². The van der Waals surface area contributed by atoms with Crippen molar-refractivity contribution < 1.29 is 95.3 Å². The van der Waals surface area contributed by atoms with Gasteiger partial charge >= 0.3 is 23.9 Å². The number of Topliss-reactive ketones (excluding diaryl/α,β-unsaturated/α-hetero) is 1. The van der Waals surface area contributed by atoms with E-state index in [1.807, 2.05) is 0 Å². The van der Waals surface area contributed by atoms with Crippen LogP contribution in [0.2, 0.25) is 0 Å². The normalized spacial score (nSPS) is 12.0. The van der Waals surface area contributed by atoms with Crippen molar-refractivity contribution in [1.29, 1.82) is 0 Å². The Labute approximate surface area is 837 Å². The van der Waals surface area contributed by atoms with Gasteiger partial charge in [-0.05, 0) is 180 Å². The van der Waals surface area contributed by atoms with E-state index in [4.69, 9.17) is 47.4 Å². The first-order chi connectivity index (χ1) is 67.7. The van der Waals surface area contributed by atoms with Gasteiger partial charge in [0.15, 0.2) is 0 Å². The number of rotatable bonds is 105. The number of unbranched alkanes of at least 4 members (excludes halogenated alkanes) is 33. The van der Waals surface area contributed by atoms with E-state index in [1.54, 1.807) is 7.11 Å². The standard InChI is InChI=1S/C113H197N5O20/c1-6-10-14-18-22-26-30-34-38-42-46-50-54-58-62-71-109(124)135-90-83-117(84-91-136-110(125)72-63-59-55-51-47-43-39-35-31-27-23-19-15-11-7-2)107(122)77-75-104(119)102-103(113(128)116-82-69-88-131-97-100-134-99-96-130-87-68-81-115-106(121)79-89-132-98-101-133-95-94-129-5)70-66-67-80-114-105(120)76-78-108(123)118(85-92-137-111(126)73-64-60-56-52-48-44-40-36-32-28-24-20-16-12-8-3)86-93-138-112(127)74-65-61-57-53-49-45-41-37-33-29-25-21-17-13-9-4/h22-29,34-41,103H,6-21,30-33,42-102H2,1-5H3,(H,114,120)(H,115,121)(H,116,128)/b26-22-,27-23-,28-24-,29-25-,38-34-,39-35-,40-36-,41-37-/t103-/m1/s1. The number of esters is 4. The molecule has 0 fully saturated rings. The molecule has 138 heavy (non-hydrogen) atoms. The number of hydrogen-bond donors (Lipinski definition) is 3. The van der Waals surface area contributed by atoms with Crippen LogP contribution in [0.4, 0.5) is 0 Å². The molecule has 794 valence electrons. The number of allylic oxidation sites excluding steroid dienone is 16. The van der Waals surface area contributed by atoms with E-state index in [9.17, 15) is 47.9 Å². The molecule has 0 heterocycles. The van der Waals surface area contributed by atoms with Crippen LogP contribution in [0, 0.1) is 5.92 Å². The van der Waals surface area contributed by atoms with Gasteiger partial charge in [-0.25, -0.2) is 0 Å².